The average molecular weight is 356 g/mol. The molecule has 18 heavy (non-hydrogen) atoms. The quantitative estimate of drug-likeness (QED) is 0.702. The first-order valence-electron chi connectivity index (χ1n) is 5.92. The lowest BCUT2D eigenvalue weighted by molar-refractivity contribution is -0.121. The lowest BCUT2D eigenvalue weighted by Gasteiger charge is -2.03. The van der Waals surface area contributed by atoms with Gasteiger partial charge in [0, 0.05) is 21.2 Å². The Balaban J connectivity index is 0.00000289. The van der Waals surface area contributed by atoms with Gasteiger partial charge in [0.05, 0.1) is 6.54 Å². The Bertz CT molecular complexity index is 347. The number of rotatable bonds is 8. The summed E-state index contributed by atoms with van der Waals surface area (Å²) in [4.78, 5) is 12.7. The van der Waals surface area contributed by atoms with Crippen LogP contribution in [0.4, 0.5) is 0 Å². The molecular weight excluding hydrogens is 336 g/mol. The maximum Gasteiger partial charge on any atom is 0.220 e. The number of carbonyl (C=O) groups excluding carboxylic acids is 1. The molecule has 0 saturated heterocycles. The molecule has 0 radical (unpaired) electrons. The summed E-state index contributed by atoms with van der Waals surface area (Å²) < 4.78 is 1.08. The van der Waals surface area contributed by atoms with Crippen molar-refractivity contribution in [3.05, 3.63) is 20.8 Å². The van der Waals surface area contributed by atoms with Gasteiger partial charge in [-0.2, -0.15) is 0 Å². The summed E-state index contributed by atoms with van der Waals surface area (Å²) in [6, 6.07) is 2.03. The first kappa shape index (κ1) is 17.9. The van der Waals surface area contributed by atoms with Crippen LogP contribution in [0.2, 0.25) is 0 Å². The van der Waals surface area contributed by atoms with Gasteiger partial charge in [0.2, 0.25) is 5.91 Å². The number of halogens is 2. The van der Waals surface area contributed by atoms with Crippen LogP contribution in [0.1, 0.15) is 37.0 Å². The van der Waals surface area contributed by atoms with Gasteiger partial charge in [-0.1, -0.05) is 12.8 Å². The van der Waals surface area contributed by atoms with Crippen molar-refractivity contribution in [1.29, 1.82) is 0 Å². The zero-order valence-electron chi connectivity index (χ0n) is 10.3. The van der Waals surface area contributed by atoms with Crippen molar-refractivity contribution in [3.63, 3.8) is 0 Å². The van der Waals surface area contributed by atoms with Crippen LogP contribution in [0.3, 0.4) is 0 Å². The van der Waals surface area contributed by atoms with E-state index in [9.17, 15) is 4.79 Å². The minimum Gasteiger partial charge on any atom is -0.351 e. The highest BCUT2D eigenvalue weighted by atomic mass is 79.9. The van der Waals surface area contributed by atoms with Crippen LogP contribution >= 0.6 is 39.7 Å². The van der Waals surface area contributed by atoms with E-state index in [2.05, 4.69) is 21.2 Å². The molecule has 1 amide bonds. The van der Waals surface area contributed by atoms with Crippen LogP contribution in [0.5, 0.6) is 0 Å². The Morgan fingerprint density at radius 1 is 1.33 bits per heavy atom. The largest absolute Gasteiger partial charge is 0.351 e. The van der Waals surface area contributed by atoms with Gasteiger partial charge < -0.3 is 11.1 Å². The van der Waals surface area contributed by atoms with Crippen LogP contribution in [0.15, 0.2) is 15.9 Å². The first-order chi connectivity index (χ1) is 8.22. The number of nitrogens with two attached hydrogens (primary N) is 1. The van der Waals surface area contributed by atoms with E-state index in [-0.39, 0.29) is 18.3 Å². The molecule has 0 unspecified atom stereocenters. The molecular formula is C12H20BrClN2OS. The van der Waals surface area contributed by atoms with Gasteiger partial charge in [0.1, 0.15) is 0 Å². The minimum absolute atomic E-state index is 0. The number of hydrogen-bond acceptors (Lipinski definition) is 3. The third kappa shape index (κ3) is 8.08. The van der Waals surface area contributed by atoms with E-state index in [1.807, 2.05) is 11.4 Å². The maximum absolute atomic E-state index is 11.5. The van der Waals surface area contributed by atoms with Gasteiger partial charge in [0.15, 0.2) is 0 Å². The van der Waals surface area contributed by atoms with E-state index in [1.165, 1.54) is 4.88 Å². The maximum atomic E-state index is 11.5. The second-order valence-corrected chi connectivity index (χ2v) is 5.87. The number of thiophene rings is 1. The fraction of sp³-hybridized carbons (Fsp3) is 0.583. The van der Waals surface area contributed by atoms with Crippen LogP contribution in [0, 0.1) is 0 Å². The highest BCUT2D eigenvalue weighted by molar-refractivity contribution is 9.10. The fourth-order valence-corrected chi connectivity index (χ4v) is 2.89. The Morgan fingerprint density at radius 3 is 2.67 bits per heavy atom. The van der Waals surface area contributed by atoms with Crippen molar-refractivity contribution in [2.24, 2.45) is 5.73 Å². The van der Waals surface area contributed by atoms with Gasteiger partial charge >= 0.3 is 0 Å². The first-order valence-corrected chi connectivity index (χ1v) is 7.59. The summed E-state index contributed by atoms with van der Waals surface area (Å²) >= 11 is 5.04. The molecule has 104 valence electrons. The van der Waals surface area contributed by atoms with Gasteiger partial charge in [-0.05, 0) is 41.4 Å². The second kappa shape index (κ2) is 10.8. The van der Waals surface area contributed by atoms with Crippen molar-refractivity contribution in [2.45, 2.75) is 38.6 Å². The van der Waals surface area contributed by atoms with E-state index >= 15 is 0 Å². The smallest absolute Gasteiger partial charge is 0.220 e. The van der Waals surface area contributed by atoms with Gasteiger partial charge in [-0.3, -0.25) is 4.79 Å². The standard InChI is InChI=1S/C12H19BrN2OS.ClH/c13-10-7-11(17-9-10)8-15-12(16)5-3-1-2-4-6-14;/h7,9H,1-6,8,14H2,(H,15,16);1H. The molecule has 1 aromatic heterocycles. The molecule has 0 fully saturated rings. The number of hydrogen-bond donors (Lipinski definition) is 2. The number of carbonyl (C=O) groups is 1. The van der Waals surface area contributed by atoms with E-state index in [0.29, 0.717) is 13.0 Å². The molecule has 1 aromatic rings. The topological polar surface area (TPSA) is 55.1 Å². The van der Waals surface area contributed by atoms with Gasteiger partial charge in [-0.15, -0.1) is 23.7 Å². The molecule has 1 heterocycles. The Kier molecular flexibility index (Phi) is 10.7. The third-order valence-electron chi connectivity index (χ3n) is 2.44. The molecule has 0 aliphatic rings. The van der Waals surface area contributed by atoms with E-state index in [4.69, 9.17) is 5.73 Å². The minimum atomic E-state index is 0. The van der Waals surface area contributed by atoms with Crippen molar-refractivity contribution in [1.82, 2.24) is 5.32 Å². The molecule has 3 N–H and O–H groups in total. The Hall–Kier alpha value is -0.100. The van der Waals surface area contributed by atoms with E-state index in [1.54, 1.807) is 11.3 Å². The average Bonchev–Trinajstić information content (AvgIpc) is 2.72. The zero-order valence-corrected chi connectivity index (χ0v) is 13.5. The van der Waals surface area contributed by atoms with Crippen molar-refractivity contribution >= 4 is 45.6 Å². The van der Waals surface area contributed by atoms with Crippen molar-refractivity contribution in [3.8, 4) is 0 Å². The molecule has 0 saturated carbocycles. The lowest BCUT2D eigenvalue weighted by Crippen LogP contribution is -2.21. The monoisotopic (exact) mass is 354 g/mol. The summed E-state index contributed by atoms with van der Waals surface area (Å²) in [7, 11) is 0. The Morgan fingerprint density at radius 2 is 2.06 bits per heavy atom. The molecule has 0 bridgehead atoms. The molecule has 3 nitrogen and oxygen atoms in total. The number of unbranched alkanes of at least 4 members (excludes halogenated alkanes) is 3. The zero-order chi connectivity index (χ0) is 12.5. The highest BCUT2D eigenvalue weighted by Crippen LogP contribution is 2.19. The number of amides is 1. The molecule has 6 heteroatoms. The SMILES string of the molecule is Cl.NCCCCCCC(=O)NCc1cc(Br)cs1. The summed E-state index contributed by atoms with van der Waals surface area (Å²) in [6.07, 6.45) is 4.86. The molecule has 0 spiro atoms. The molecule has 1 rings (SSSR count). The Labute approximate surface area is 127 Å². The lowest BCUT2D eigenvalue weighted by atomic mass is 10.1. The molecule has 0 atom stereocenters. The van der Waals surface area contributed by atoms with Gasteiger partial charge in [0.25, 0.3) is 0 Å². The summed E-state index contributed by atoms with van der Waals surface area (Å²) in [6.45, 7) is 1.39. The van der Waals surface area contributed by atoms with E-state index < -0.39 is 0 Å². The normalized spacial score (nSPS) is 9.89. The molecule has 0 aliphatic carbocycles. The summed E-state index contributed by atoms with van der Waals surface area (Å²) in [5.74, 6) is 0.141. The van der Waals surface area contributed by atoms with Crippen LogP contribution in [0.25, 0.3) is 0 Å². The van der Waals surface area contributed by atoms with Gasteiger partial charge in [-0.25, -0.2) is 0 Å². The third-order valence-corrected chi connectivity index (χ3v) is 4.14. The molecule has 0 aromatic carbocycles. The predicted octanol–water partition coefficient (Wildman–Crippen LogP) is 3.46. The summed E-state index contributed by atoms with van der Waals surface area (Å²) in [5.41, 5.74) is 5.40. The molecule has 0 aliphatic heterocycles. The highest BCUT2D eigenvalue weighted by Gasteiger charge is 2.02. The predicted molar refractivity (Wildman–Crippen MR) is 83.3 cm³/mol. The van der Waals surface area contributed by atoms with Crippen LogP contribution in [-0.2, 0) is 11.3 Å². The second-order valence-electron chi connectivity index (χ2n) is 3.96. The van der Waals surface area contributed by atoms with Crippen LogP contribution < -0.4 is 11.1 Å². The van der Waals surface area contributed by atoms with Crippen molar-refractivity contribution in [2.75, 3.05) is 6.54 Å². The van der Waals surface area contributed by atoms with Crippen LogP contribution in [-0.4, -0.2) is 12.5 Å². The fourth-order valence-electron chi connectivity index (χ4n) is 1.50. The summed E-state index contributed by atoms with van der Waals surface area (Å²) in [5, 5.41) is 4.95. The number of nitrogens with one attached hydrogen (secondary N) is 1. The van der Waals surface area contributed by atoms with E-state index in [0.717, 1.165) is 36.7 Å². The van der Waals surface area contributed by atoms with Crippen molar-refractivity contribution < 1.29 is 4.79 Å².